The minimum Gasteiger partial charge on any atom is -0.464 e. The fourth-order valence-electron chi connectivity index (χ4n) is 3.98. The van der Waals surface area contributed by atoms with Crippen LogP contribution in [0.15, 0.2) is 59.2 Å². The second-order valence-corrected chi connectivity index (χ2v) is 9.02. The first-order valence-electron chi connectivity index (χ1n) is 10.6. The Morgan fingerprint density at radius 2 is 1.94 bits per heavy atom. The van der Waals surface area contributed by atoms with Crippen LogP contribution < -0.4 is 0 Å². The molecule has 31 heavy (non-hydrogen) atoms. The van der Waals surface area contributed by atoms with Gasteiger partial charge in [0.05, 0.1) is 25.5 Å². The number of furan rings is 1. The molecule has 3 aromatic rings. The quantitative estimate of drug-likeness (QED) is 0.524. The van der Waals surface area contributed by atoms with Crippen molar-refractivity contribution in [1.82, 2.24) is 4.90 Å². The number of benzene rings is 2. The number of rotatable bonds is 4. The minimum atomic E-state index is -0.554. The molecule has 2 heterocycles. The van der Waals surface area contributed by atoms with Crippen LogP contribution >= 0.6 is 0 Å². The number of amides is 1. The molecule has 2 unspecified atom stereocenters. The molecule has 1 aliphatic rings. The lowest BCUT2D eigenvalue weighted by Gasteiger charge is -2.39. The van der Waals surface area contributed by atoms with Crippen molar-refractivity contribution in [2.45, 2.75) is 51.4 Å². The fourth-order valence-corrected chi connectivity index (χ4v) is 3.98. The summed E-state index contributed by atoms with van der Waals surface area (Å²) in [4.78, 5) is 14.3. The number of nitrogens with zero attached hydrogens (tertiary/aromatic N) is 1. The summed E-state index contributed by atoms with van der Waals surface area (Å²) in [5.41, 5.74) is 2.32. The Balaban J connectivity index is 1.51. The van der Waals surface area contributed by atoms with E-state index in [1.165, 1.54) is 12.1 Å². The monoisotopic (exact) mass is 425 g/mol. The van der Waals surface area contributed by atoms with Gasteiger partial charge in [0.25, 0.3) is 0 Å². The van der Waals surface area contributed by atoms with Gasteiger partial charge in [-0.2, -0.15) is 0 Å². The van der Waals surface area contributed by atoms with Gasteiger partial charge in [-0.05, 0) is 68.7 Å². The molecule has 5 nitrogen and oxygen atoms in total. The molecule has 0 saturated carbocycles. The summed E-state index contributed by atoms with van der Waals surface area (Å²) in [6.07, 6.45) is 1.82. The largest absolute Gasteiger partial charge is 0.464 e. The van der Waals surface area contributed by atoms with Crippen LogP contribution in [0.25, 0.3) is 11.0 Å². The summed E-state index contributed by atoms with van der Waals surface area (Å²) < 4.78 is 30.7. The highest BCUT2D eigenvalue weighted by Crippen LogP contribution is 2.32. The predicted octanol–water partition coefficient (Wildman–Crippen LogP) is 5.88. The Labute approximate surface area is 181 Å². The SMILES string of the molecule is CC(C)(C)OC(=O)N1CCC(c2ccc(F)cc2)C(OCc2ccc3occc3c2)C1. The second kappa shape index (κ2) is 8.71. The third-order valence-electron chi connectivity index (χ3n) is 5.49. The summed E-state index contributed by atoms with van der Waals surface area (Å²) in [5, 5.41) is 1.02. The number of fused-ring (bicyclic) bond motifs is 1. The van der Waals surface area contributed by atoms with Gasteiger partial charge < -0.3 is 18.8 Å². The molecule has 2 aromatic carbocycles. The number of likely N-dealkylation sites (tertiary alicyclic amines) is 1. The lowest BCUT2D eigenvalue weighted by molar-refractivity contribution is -0.0359. The van der Waals surface area contributed by atoms with E-state index in [-0.39, 0.29) is 23.9 Å². The minimum absolute atomic E-state index is 0.0666. The average Bonchev–Trinajstić information content (AvgIpc) is 3.19. The smallest absolute Gasteiger partial charge is 0.410 e. The Morgan fingerprint density at radius 1 is 1.16 bits per heavy atom. The molecule has 1 saturated heterocycles. The first-order valence-corrected chi connectivity index (χ1v) is 10.6. The molecular weight excluding hydrogens is 397 g/mol. The maximum atomic E-state index is 13.4. The maximum absolute atomic E-state index is 13.4. The van der Waals surface area contributed by atoms with Crippen LogP contribution in [0.4, 0.5) is 9.18 Å². The van der Waals surface area contributed by atoms with E-state index >= 15 is 0 Å². The fraction of sp³-hybridized carbons (Fsp3) is 0.400. The lowest BCUT2D eigenvalue weighted by atomic mass is 9.87. The zero-order valence-corrected chi connectivity index (χ0v) is 18.1. The van der Waals surface area contributed by atoms with Crippen LogP contribution in [0.3, 0.4) is 0 Å². The highest BCUT2D eigenvalue weighted by Gasteiger charge is 2.35. The van der Waals surface area contributed by atoms with Gasteiger partial charge >= 0.3 is 6.09 Å². The Kier molecular flexibility index (Phi) is 6.01. The molecule has 0 bridgehead atoms. The van der Waals surface area contributed by atoms with Gasteiger partial charge in [-0.1, -0.05) is 18.2 Å². The molecule has 2 atom stereocenters. The van der Waals surface area contributed by atoms with E-state index in [1.807, 2.05) is 45.0 Å². The van der Waals surface area contributed by atoms with Crippen LogP contribution in [0.2, 0.25) is 0 Å². The van der Waals surface area contributed by atoms with Gasteiger partial charge in [0, 0.05) is 17.8 Å². The molecule has 1 fully saturated rings. The standard InChI is InChI=1S/C25H28FNO4/c1-25(2,3)31-24(28)27-12-10-21(18-5-7-20(26)8-6-18)23(15-27)30-16-17-4-9-22-19(14-17)11-13-29-22/h4-9,11,13-14,21,23H,10,12,15-16H2,1-3H3. The molecule has 0 radical (unpaired) electrons. The van der Waals surface area contributed by atoms with E-state index in [0.717, 1.165) is 28.5 Å². The molecular formula is C25H28FNO4. The number of carbonyl (C=O) groups is 1. The molecule has 1 aromatic heterocycles. The van der Waals surface area contributed by atoms with Crippen molar-refractivity contribution in [3.05, 3.63) is 71.7 Å². The number of piperidine rings is 1. The topological polar surface area (TPSA) is 51.9 Å². The highest BCUT2D eigenvalue weighted by atomic mass is 19.1. The van der Waals surface area contributed by atoms with E-state index < -0.39 is 5.60 Å². The number of hydrogen-bond acceptors (Lipinski definition) is 4. The van der Waals surface area contributed by atoms with Gasteiger partial charge in [-0.3, -0.25) is 0 Å². The van der Waals surface area contributed by atoms with Gasteiger partial charge in [-0.25, -0.2) is 9.18 Å². The Bertz CT molecular complexity index is 1040. The van der Waals surface area contributed by atoms with Gasteiger partial charge in [-0.15, -0.1) is 0 Å². The summed E-state index contributed by atoms with van der Waals surface area (Å²) in [5.74, 6) is -0.197. The number of carbonyl (C=O) groups excluding carboxylic acids is 1. The van der Waals surface area contributed by atoms with E-state index in [0.29, 0.717) is 19.7 Å². The van der Waals surface area contributed by atoms with Gasteiger partial charge in [0.1, 0.15) is 17.0 Å². The molecule has 6 heteroatoms. The van der Waals surface area contributed by atoms with Crippen molar-refractivity contribution in [3.8, 4) is 0 Å². The first-order chi connectivity index (χ1) is 14.8. The van der Waals surface area contributed by atoms with Crippen molar-refractivity contribution >= 4 is 17.1 Å². The predicted molar refractivity (Wildman–Crippen MR) is 116 cm³/mol. The zero-order chi connectivity index (χ0) is 22.0. The summed E-state index contributed by atoms with van der Waals surface area (Å²) in [6.45, 7) is 6.97. The van der Waals surface area contributed by atoms with Gasteiger partial charge in [0.15, 0.2) is 0 Å². The number of hydrogen-bond donors (Lipinski definition) is 0. The van der Waals surface area contributed by atoms with Gasteiger partial charge in [0.2, 0.25) is 0 Å². The van der Waals surface area contributed by atoms with Crippen LogP contribution in [0, 0.1) is 5.82 Å². The van der Waals surface area contributed by atoms with Crippen LogP contribution in [0.1, 0.15) is 44.2 Å². The molecule has 4 rings (SSSR count). The molecule has 0 spiro atoms. The van der Waals surface area contributed by atoms with Crippen molar-refractivity contribution in [1.29, 1.82) is 0 Å². The summed E-state index contributed by atoms with van der Waals surface area (Å²) >= 11 is 0. The summed E-state index contributed by atoms with van der Waals surface area (Å²) in [6, 6.07) is 14.4. The first kappa shape index (κ1) is 21.4. The third-order valence-corrected chi connectivity index (χ3v) is 5.49. The van der Waals surface area contributed by atoms with Crippen molar-refractivity contribution < 1.29 is 23.1 Å². The molecule has 1 amide bonds. The van der Waals surface area contributed by atoms with E-state index in [9.17, 15) is 9.18 Å². The zero-order valence-electron chi connectivity index (χ0n) is 18.1. The van der Waals surface area contributed by atoms with E-state index in [4.69, 9.17) is 13.9 Å². The van der Waals surface area contributed by atoms with E-state index in [2.05, 4.69) is 0 Å². The lowest BCUT2D eigenvalue weighted by Crippen LogP contribution is -2.48. The van der Waals surface area contributed by atoms with Crippen LogP contribution in [-0.4, -0.2) is 35.8 Å². The molecule has 0 aliphatic carbocycles. The molecule has 164 valence electrons. The maximum Gasteiger partial charge on any atom is 0.410 e. The van der Waals surface area contributed by atoms with Crippen LogP contribution in [-0.2, 0) is 16.1 Å². The Hall–Kier alpha value is -2.86. The van der Waals surface area contributed by atoms with Crippen molar-refractivity contribution in [2.24, 2.45) is 0 Å². The average molecular weight is 426 g/mol. The molecule has 1 aliphatic heterocycles. The normalized spacial score (nSPS) is 19.5. The summed E-state index contributed by atoms with van der Waals surface area (Å²) in [7, 11) is 0. The van der Waals surface area contributed by atoms with Crippen LogP contribution in [0.5, 0.6) is 0 Å². The van der Waals surface area contributed by atoms with Crippen molar-refractivity contribution in [2.75, 3.05) is 13.1 Å². The Morgan fingerprint density at radius 3 is 2.68 bits per heavy atom. The van der Waals surface area contributed by atoms with Crippen molar-refractivity contribution in [3.63, 3.8) is 0 Å². The second-order valence-electron chi connectivity index (χ2n) is 9.02. The van der Waals surface area contributed by atoms with E-state index in [1.54, 1.807) is 23.3 Å². The third kappa shape index (κ3) is 5.25. The number of halogens is 1. The molecule has 0 N–H and O–H groups in total. The highest BCUT2D eigenvalue weighted by molar-refractivity contribution is 5.77. The number of ether oxygens (including phenoxy) is 2.